The first-order valence-corrected chi connectivity index (χ1v) is 5.03. The molecule has 0 amide bonds. The van der Waals surface area contributed by atoms with Gasteiger partial charge in [0, 0.05) is 13.7 Å². The van der Waals surface area contributed by atoms with Crippen LogP contribution in [0.1, 0.15) is 26.7 Å². The van der Waals surface area contributed by atoms with Crippen molar-refractivity contribution in [2.24, 2.45) is 0 Å². The fraction of sp³-hybridized carbons (Fsp3) is 1.00. The van der Waals surface area contributed by atoms with E-state index in [0.29, 0.717) is 0 Å². The molecule has 0 aliphatic carbocycles. The molecule has 1 aliphatic heterocycles. The Hall–Kier alpha value is -0.300. The quantitative estimate of drug-likeness (QED) is 0.721. The Morgan fingerprint density at radius 1 is 1.44 bits per heavy atom. The number of hydrogen-bond acceptors (Lipinski definition) is 4. The molecule has 1 unspecified atom stereocenters. The summed E-state index contributed by atoms with van der Waals surface area (Å²) >= 11 is 0. The van der Waals surface area contributed by atoms with E-state index in [4.69, 9.17) is 14.9 Å². The number of rotatable bonds is 2. The van der Waals surface area contributed by atoms with Gasteiger partial charge in [-0.2, -0.15) is 0 Å². The molecule has 2 N–H and O–H groups in total. The molecule has 1 rings (SSSR count). The lowest BCUT2D eigenvalue weighted by Gasteiger charge is -2.12. The van der Waals surface area contributed by atoms with Crippen LogP contribution < -0.4 is 0 Å². The molecule has 0 bridgehead atoms. The second-order valence-electron chi connectivity index (χ2n) is 3.57. The van der Waals surface area contributed by atoms with Crippen LogP contribution in [0.2, 0.25) is 0 Å². The summed E-state index contributed by atoms with van der Waals surface area (Å²) in [4.78, 5) is 0. The van der Waals surface area contributed by atoms with Crippen LogP contribution in [0.15, 0.2) is 0 Å². The van der Waals surface area contributed by atoms with Gasteiger partial charge in [-0.3, -0.25) is 0 Å². The van der Waals surface area contributed by atoms with Gasteiger partial charge in [0.2, 0.25) is 6.93 Å². The summed E-state index contributed by atoms with van der Waals surface area (Å²) in [5.41, 5.74) is 0. The molecule has 0 aromatic rings. The second-order valence-corrected chi connectivity index (χ2v) is 3.57. The minimum Gasteiger partial charge on any atom is -0.394 e. The summed E-state index contributed by atoms with van der Waals surface area (Å²) in [6.07, 6.45) is 2.31. The van der Waals surface area contributed by atoms with Crippen LogP contribution in [-0.2, 0) is 9.47 Å². The van der Waals surface area contributed by atoms with Crippen LogP contribution in [0.3, 0.4) is 0 Å². The van der Waals surface area contributed by atoms with Gasteiger partial charge in [-0.25, -0.2) is 8.78 Å². The van der Waals surface area contributed by atoms with Gasteiger partial charge in [0.05, 0.1) is 12.7 Å². The van der Waals surface area contributed by atoms with Gasteiger partial charge in [0.25, 0.3) is 0 Å². The van der Waals surface area contributed by atoms with Gasteiger partial charge in [0.1, 0.15) is 0 Å². The zero-order valence-corrected chi connectivity index (χ0v) is 10.1. The predicted octanol–water partition coefficient (Wildman–Crippen LogP) is 1.40. The van der Waals surface area contributed by atoms with E-state index in [2.05, 4.69) is 4.74 Å². The summed E-state index contributed by atoms with van der Waals surface area (Å²) in [5.74, 6) is -0.958. The Morgan fingerprint density at radius 3 is 2.00 bits per heavy atom. The lowest BCUT2D eigenvalue weighted by Crippen LogP contribution is -2.20. The molecule has 100 valence electrons. The number of aliphatic hydroxyl groups excluding tert-OH is 1. The molecule has 0 aromatic heterocycles. The molecule has 1 atom stereocenters. The topological polar surface area (TPSA) is 58.9 Å². The third kappa shape index (κ3) is 16.1. The molecule has 0 saturated carbocycles. The van der Waals surface area contributed by atoms with Crippen LogP contribution >= 0.6 is 0 Å². The van der Waals surface area contributed by atoms with Crippen molar-refractivity contribution in [1.82, 2.24) is 0 Å². The summed E-state index contributed by atoms with van der Waals surface area (Å²) in [6.45, 7) is 2.44. The minimum absolute atomic E-state index is 0.153. The summed E-state index contributed by atoms with van der Waals surface area (Å²) in [7, 11) is 1.46. The highest BCUT2D eigenvalue weighted by molar-refractivity contribution is 4.61. The zero-order chi connectivity index (χ0) is 13.0. The van der Waals surface area contributed by atoms with Crippen molar-refractivity contribution in [2.45, 2.75) is 38.6 Å². The van der Waals surface area contributed by atoms with E-state index < -0.39 is 12.7 Å². The third-order valence-corrected chi connectivity index (χ3v) is 1.73. The first kappa shape index (κ1) is 18.1. The third-order valence-electron chi connectivity index (χ3n) is 1.73. The number of halogens is 2. The largest absolute Gasteiger partial charge is 0.394 e. The van der Waals surface area contributed by atoms with Crippen LogP contribution in [0, 0.1) is 0 Å². The van der Waals surface area contributed by atoms with Crippen molar-refractivity contribution in [3.05, 3.63) is 0 Å². The Bertz CT molecular complexity index is 133. The smallest absolute Gasteiger partial charge is 0.229 e. The maximum Gasteiger partial charge on any atom is 0.229 e. The second kappa shape index (κ2) is 11.2. The Balaban J connectivity index is 0. The van der Waals surface area contributed by atoms with Crippen molar-refractivity contribution in [1.29, 1.82) is 0 Å². The van der Waals surface area contributed by atoms with E-state index in [1.807, 2.05) is 0 Å². The molecule has 0 radical (unpaired) electrons. The van der Waals surface area contributed by atoms with Crippen molar-refractivity contribution < 1.29 is 28.5 Å². The number of hydrogen-bond donors (Lipinski definition) is 2. The van der Waals surface area contributed by atoms with Crippen molar-refractivity contribution >= 4 is 0 Å². The van der Waals surface area contributed by atoms with Crippen LogP contribution in [0.25, 0.3) is 0 Å². The molecule has 1 fully saturated rings. The monoisotopic (exact) mass is 244 g/mol. The number of ether oxygens (including phenoxy) is 2. The van der Waals surface area contributed by atoms with Crippen LogP contribution in [0.5, 0.6) is 0 Å². The van der Waals surface area contributed by atoms with Gasteiger partial charge in [-0.15, -0.1) is 0 Å². The zero-order valence-electron chi connectivity index (χ0n) is 10.1. The maximum atomic E-state index is 9.62. The highest BCUT2D eigenvalue weighted by Crippen LogP contribution is 2.09. The Labute approximate surface area is 95.2 Å². The summed E-state index contributed by atoms with van der Waals surface area (Å²) in [5, 5.41) is 17.0. The lowest BCUT2D eigenvalue weighted by atomic mass is 10.2. The van der Waals surface area contributed by atoms with Gasteiger partial charge < -0.3 is 19.7 Å². The SMILES string of the molecule is COC(C)(C)O.FCF.OCC1CCCO1. The Kier molecular flexibility index (Phi) is 12.6. The summed E-state index contributed by atoms with van der Waals surface area (Å²) < 4.78 is 28.8. The van der Waals surface area contributed by atoms with E-state index in [1.54, 1.807) is 13.8 Å². The average molecular weight is 244 g/mol. The molecule has 6 heteroatoms. The first-order chi connectivity index (χ1) is 7.41. The number of methoxy groups -OCH3 is 1. The van der Waals surface area contributed by atoms with Gasteiger partial charge in [-0.1, -0.05) is 0 Å². The summed E-state index contributed by atoms with van der Waals surface area (Å²) in [6, 6.07) is 0. The molecule has 1 aliphatic rings. The molecule has 1 heterocycles. The van der Waals surface area contributed by atoms with E-state index in [1.165, 1.54) is 7.11 Å². The minimum atomic E-state index is -1.75. The van der Waals surface area contributed by atoms with Crippen molar-refractivity contribution in [2.75, 3.05) is 27.3 Å². The molecular formula is C10H22F2O4. The first-order valence-electron chi connectivity index (χ1n) is 5.03. The molecule has 0 aromatic carbocycles. The van der Waals surface area contributed by atoms with E-state index in [-0.39, 0.29) is 12.7 Å². The fourth-order valence-electron chi connectivity index (χ4n) is 0.788. The number of aliphatic hydroxyl groups is 2. The van der Waals surface area contributed by atoms with Gasteiger partial charge >= 0.3 is 0 Å². The molecule has 16 heavy (non-hydrogen) atoms. The standard InChI is InChI=1S/C5H10O2.C4H10O2.CH2F2/c6-4-5-2-1-3-7-5;1-4(2,5)6-3;2-1-3/h5-6H,1-4H2;5H,1-3H3;1H2. The Morgan fingerprint density at radius 2 is 1.88 bits per heavy atom. The van der Waals surface area contributed by atoms with E-state index >= 15 is 0 Å². The van der Waals surface area contributed by atoms with Gasteiger partial charge in [-0.05, 0) is 26.7 Å². The molecule has 0 spiro atoms. The van der Waals surface area contributed by atoms with Gasteiger partial charge in [0.15, 0.2) is 5.79 Å². The van der Waals surface area contributed by atoms with Crippen molar-refractivity contribution in [3.63, 3.8) is 0 Å². The average Bonchev–Trinajstić information content (AvgIpc) is 2.71. The predicted molar refractivity (Wildman–Crippen MR) is 56.4 cm³/mol. The van der Waals surface area contributed by atoms with E-state index in [0.717, 1.165) is 19.4 Å². The van der Waals surface area contributed by atoms with Crippen LogP contribution in [-0.4, -0.2) is 49.4 Å². The van der Waals surface area contributed by atoms with Crippen LogP contribution in [0.4, 0.5) is 8.78 Å². The maximum absolute atomic E-state index is 9.62. The molecule has 1 saturated heterocycles. The number of alkyl halides is 2. The highest BCUT2D eigenvalue weighted by atomic mass is 19.3. The lowest BCUT2D eigenvalue weighted by molar-refractivity contribution is -0.155. The molecular weight excluding hydrogens is 222 g/mol. The highest BCUT2D eigenvalue weighted by Gasteiger charge is 2.12. The molecule has 4 nitrogen and oxygen atoms in total. The van der Waals surface area contributed by atoms with E-state index in [9.17, 15) is 8.78 Å². The fourth-order valence-corrected chi connectivity index (χ4v) is 0.788. The normalized spacial score (nSPS) is 19.3. The van der Waals surface area contributed by atoms with Crippen molar-refractivity contribution in [3.8, 4) is 0 Å².